The zero-order valence-corrected chi connectivity index (χ0v) is 18.7. The number of piperidine rings is 1. The van der Waals surface area contributed by atoms with Crippen molar-refractivity contribution in [3.63, 3.8) is 0 Å². The van der Waals surface area contributed by atoms with Gasteiger partial charge in [-0.2, -0.15) is 0 Å². The highest BCUT2D eigenvalue weighted by Crippen LogP contribution is 2.16. The third-order valence-electron chi connectivity index (χ3n) is 5.77. The molecule has 1 N–H and O–H groups in total. The number of carbonyl (C=O) groups is 2. The van der Waals surface area contributed by atoms with Gasteiger partial charge in [-0.1, -0.05) is 22.9 Å². The van der Waals surface area contributed by atoms with Crippen LogP contribution in [0.2, 0.25) is 0 Å². The first-order chi connectivity index (χ1) is 15.4. The number of hydrogen-bond donors (Lipinski definition) is 1. The normalized spacial score (nSPS) is 14.3. The van der Waals surface area contributed by atoms with E-state index >= 15 is 0 Å². The van der Waals surface area contributed by atoms with Gasteiger partial charge in [-0.05, 0) is 56.2 Å². The first-order valence-electron chi connectivity index (χ1n) is 10.8. The molecule has 1 aliphatic rings. The van der Waals surface area contributed by atoms with Crippen molar-refractivity contribution in [2.75, 3.05) is 32.1 Å². The summed E-state index contributed by atoms with van der Waals surface area (Å²) in [4.78, 5) is 29.2. The SMILES string of the molecule is Cc1ccc(-n2cc(C(=O)N3CCC(NC(=O)c4ccc(N(C)C)cc4)CC3)nn2)cc1. The van der Waals surface area contributed by atoms with Gasteiger partial charge in [0.05, 0.1) is 11.9 Å². The molecule has 0 spiro atoms. The van der Waals surface area contributed by atoms with Gasteiger partial charge < -0.3 is 15.1 Å². The second-order valence-electron chi connectivity index (χ2n) is 8.37. The number of aromatic nitrogens is 3. The number of likely N-dealkylation sites (tertiary alicyclic amines) is 1. The Morgan fingerprint density at radius 2 is 1.66 bits per heavy atom. The number of benzene rings is 2. The summed E-state index contributed by atoms with van der Waals surface area (Å²) < 4.78 is 1.61. The predicted molar refractivity (Wildman–Crippen MR) is 123 cm³/mol. The zero-order chi connectivity index (χ0) is 22.7. The molecule has 0 unspecified atom stereocenters. The summed E-state index contributed by atoms with van der Waals surface area (Å²) in [7, 11) is 3.93. The highest BCUT2D eigenvalue weighted by molar-refractivity contribution is 5.95. The molecule has 0 bridgehead atoms. The molecule has 1 fully saturated rings. The van der Waals surface area contributed by atoms with Crippen LogP contribution in [0.15, 0.2) is 54.7 Å². The molecule has 8 nitrogen and oxygen atoms in total. The van der Waals surface area contributed by atoms with Crippen molar-refractivity contribution in [3.8, 4) is 5.69 Å². The molecule has 32 heavy (non-hydrogen) atoms. The van der Waals surface area contributed by atoms with Crippen molar-refractivity contribution in [2.24, 2.45) is 0 Å². The minimum atomic E-state index is -0.132. The van der Waals surface area contributed by atoms with E-state index in [2.05, 4.69) is 15.6 Å². The lowest BCUT2D eigenvalue weighted by Gasteiger charge is -2.32. The monoisotopic (exact) mass is 432 g/mol. The molecule has 2 amide bonds. The van der Waals surface area contributed by atoms with Gasteiger partial charge in [0.1, 0.15) is 0 Å². The van der Waals surface area contributed by atoms with Gasteiger partial charge in [0, 0.05) is 44.5 Å². The van der Waals surface area contributed by atoms with E-state index in [1.807, 2.05) is 74.4 Å². The summed E-state index contributed by atoms with van der Waals surface area (Å²) in [6.45, 7) is 3.16. The molecule has 0 saturated carbocycles. The Morgan fingerprint density at radius 3 is 2.28 bits per heavy atom. The van der Waals surface area contributed by atoms with Crippen LogP contribution < -0.4 is 10.2 Å². The van der Waals surface area contributed by atoms with Gasteiger partial charge in [-0.25, -0.2) is 4.68 Å². The molecular weight excluding hydrogens is 404 g/mol. The molecule has 166 valence electrons. The largest absolute Gasteiger partial charge is 0.378 e. The molecule has 0 atom stereocenters. The van der Waals surface area contributed by atoms with Crippen LogP contribution in [0.25, 0.3) is 5.69 Å². The number of nitrogens with zero attached hydrogens (tertiary/aromatic N) is 5. The van der Waals surface area contributed by atoms with E-state index in [0.29, 0.717) is 37.2 Å². The summed E-state index contributed by atoms with van der Waals surface area (Å²) in [5, 5.41) is 11.3. The van der Waals surface area contributed by atoms with Crippen molar-refractivity contribution in [1.29, 1.82) is 0 Å². The Bertz CT molecular complexity index is 1080. The molecule has 0 radical (unpaired) electrons. The van der Waals surface area contributed by atoms with Crippen LogP contribution in [0, 0.1) is 6.92 Å². The number of amides is 2. The quantitative estimate of drug-likeness (QED) is 0.670. The molecule has 1 aliphatic heterocycles. The topological polar surface area (TPSA) is 83.4 Å². The standard InChI is InChI=1S/C24H28N6O2/c1-17-4-8-21(9-5-17)30-16-22(26-27-30)24(32)29-14-12-19(13-15-29)25-23(31)18-6-10-20(11-7-18)28(2)3/h4-11,16,19H,12-15H2,1-3H3,(H,25,31). The average Bonchev–Trinajstić information content (AvgIpc) is 3.30. The molecule has 2 heterocycles. The molecular formula is C24H28N6O2. The number of rotatable bonds is 5. The van der Waals surface area contributed by atoms with Gasteiger partial charge in [0.2, 0.25) is 0 Å². The van der Waals surface area contributed by atoms with E-state index in [1.165, 1.54) is 0 Å². The maximum absolute atomic E-state index is 12.9. The van der Waals surface area contributed by atoms with E-state index in [0.717, 1.165) is 16.9 Å². The number of nitrogens with one attached hydrogen (secondary N) is 1. The fraction of sp³-hybridized carbons (Fsp3) is 0.333. The lowest BCUT2D eigenvalue weighted by Crippen LogP contribution is -2.46. The highest BCUT2D eigenvalue weighted by atomic mass is 16.2. The van der Waals surface area contributed by atoms with E-state index in [1.54, 1.807) is 15.8 Å². The average molecular weight is 433 g/mol. The van der Waals surface area contributed by atoms with Crippen LogP contribution in [0.4, 0.5) is 5.69 Å². The maximum atomic E-state index is 12.9. The van der Waals surface area contributed by atoms with Gasteiger partial charge in [-0.15, -0.1) is 5.10 Å². The molecule has 2 aromatic carbocycles. The maximum Gasteiger partial charge on any atom is 0.276 e. The van der Waals surface area contributed by atoms with Gasteiger partial charge >= 0.3 is 0 Å². The first kappa shape index (κ1) is 21.5. The Hall–Kier alpha value is -3.68. The summed E-state index contributed by atoms with van der Waals surface area (Å²) in [6.07, 6.45) is 3.08. The smallest absolute Gasteiger partial charge is 0.276 e. The van der Waals surface area contributed by atoms with Gasteiger partial charge in [-0.3, -0.25) is 9.59 Å². The number of hydrogen-bond acceptors (Lipinski definition) is 5. The second-order valence-corrected chi connectivity index (χ2v) is 8.37. The summed E-state index contributed by atoms with van der Waals surface area (Å²) in [5.41, 5.74) is 4.04. The molecule has 4 rings (SSSR count). The third-order valence-corrected chi connectivity index (χ3v) is 5.77. The molecule has 1 aromatic heterocycles. The van der Waals surface area contributed by atoms with E-state index in [-0.39, 0.29) is 17.9 Å². The van der Waals surface area contributed by atoms with Gasteiger partial charge in [0.25, 0.3) is 11.8 Å². The predicted octanol–water partition coefficient (Wildman–Crippen LogP) is 2.68. The minimum Gasteiger partial charge on any atom is -0.378 e. The zero-order valence-electron chi connectivity index (χ0n) is 18.7. The van der Waals surface area contributed by atoms with Crippen LogP contribution >= 0.6 is 0 Å². The molecule has 1 saturated heterocycles. The Morgan fingerprint density at radius 1 is 1.00 bits per heavy atom. The fourth-order valence-corrected chi connectivity index (χ4v) is 3.75. The van der Waals surface area contributed by atoms with Gasteiger partial charge in [0.15, 0.2) is 5.69 Å². The van der Waals surface area contributed by atoms with Crippen LogP contribution in [-0.4, -0.2) is 64.9 Å². The lowest BCUT2D eigenvalue weighted by atomic mass is 10.0. The van der Waals surface area contributed by atoms with Crippen LogP contribution in [0.5, 0.6) is 0 Å². The number of carbonyl (C=O) groups excluding carboxylic acids is 2. The second kappa shape index (κ2) is 9.21. The van der Waals surface area contributed by atoms with Crippen molar-refractivity contribution in [2.45, 2.75) is 25.8 Å². The van der Waals surface area contributed by atoms with Crippen LogP contribution in [0.1, 0.15) is 39.3 Å². The highest BCUT2D eigenvalue weighted by Gasteiger charge is 2.26. The van der Waals surface area contributed by atoms with Crippen LogP contribution in [0.3, 0.4) is 0 Å². The minimum absolute atomic E-state index is 0.0447. The van der Waals surface area contributed by atoms with Crippen molar-refractivity contribution >= 4 is 17.5 Å². The van der Waals surface area contributed by atoms with Crippen LogP contribution in [-0.2, 0) is 0 Å². The number of aryl methyl sites for hydroxylation is 1. The molecule has 0 aliphatic carbocycles. The number of anilines is 1. The molecule has 8 heteroatoms. The van der Waals surface area contributed by atoms with E-state index in [9.17, 15) is 9.59 Å². The lowest BCUT2D eigenvalue weighted by molar-refractivity contribution is 0.0692. The summed E-state index contributed by atoms with van der Waals surface area (Å²) in [5.74, 6) is -0.214. The first-order valence-corrected chi connectivity index (χ1v) is 10.8. The van der Waals surface area contributed by atoms with E-state index < -0.39 is 0 Å². The third kappa shape index (κ3) is 4.80. The summed E-state index contributed by atoms with van der Waals surface area (Å²) >= 11 is 0. The van der Waals surface area contributed by atoms with Crippen molar-refractivity contribution < 1.29 is 9.59 Å². The Labute approximate surface area is 187 Å². The van der Waals surface area contributed by atoms with Crippen molar-refractivity contribution in [3.05, 3.63) is 71.5 Å². The fourth-order valence-electron chi connectivity index (χ4n) is 3.75. The van der Waals surface area contributed by atoms with E-state index in [4.69, 9.17) is 0 Å². The Balaban J connectivity index is 1.31. The van der Waals surface area contributed by atoms with Crippen molar-refractivity contribution in [1.82, 2.24) is 25.2 Å². The molecule has 3 aromatic rings. The summed E-state index contributed by atoms with van der Waals surface area (Å²) in [6, 6.07) is 15.5. The Kier molecular flexibility index (Phi) is 6.20.